The van der Waals surface area contributed by atoms with E-state index in [-0.39, 0.29) is 11.4 Å². The van der Waals surface area contributed by atoms with Crippen LogP contribution in [0.15, 0.2) is 23.2 Å². The fraction of sp³-hybridized carbons (Fsp3) is 0.529. The predicted molar refractivity (Wildman–Crippen MR) is 92.6 cm³/mol. The van der Waals surface area contributed by atoms with E-state index in [4.69, 9.17) is 4.74 Å². The minimum absolute atomic E-state index is 0.0168. The Morgan fingerprint density at radius 3 is 2.36 bits per heavy atom. The summed E-state index contributed by atoms with van der Waals surface area (Å²) in [6, 6.07) is 0.952. The van der Waals surface area contributed by atoms with E-state index >= 15 is 0 Å². The molecule has 0 spiro atoms. The van der Waals surface area contributed by atoms with Gasteiger partial charge in [0.15, 0.2) is 0 Å². The molecule has 0 saturated carbocycles. The van der Waals surface area contributed by atoms with E-state index in [2.05, 4.69) is 19.6 Å². The fourth-order valence-corrected chi connectivity index (χ4v) is 2.75. The number of nitrogens with zero attached hydrogens (tertiary/aromatic N) is 5. The van der Waals surface area contributed by atoms with Gasteiger partial charge in [0.25, 0.3) is 0 Å². The molecular weight excluding hydrogens is 379 g/mol. The Hall–Kier alpha value is -2.85. The maximum Gasteiger partial charge on any atom is 0.417 e. The molecule has 0 N–H and O–H groups in total. The Morgan fingerprint density at radius 1 is 1.14 bits per heavy atom. The Bertz CT molecular complexity index is 826. The van der Waals surface area contributed by atoms with Gasteiger partial charge >= 0.3 is 12.3 Å². The van der Waals surface area contributed by atoms with E-state index in [1.807, 2.05) is 0 Å². The Morgan fingerprint density at radius 2 is 1.82 bits per heavy atom. The molecule has 0 aliphatic carbocycles. The van der Waals surface area contributed by atoms with Gasteiger partial charge in [-0.3, -0.25) is 0 Å². The van der Waals surface area contributed by atoms with Gasteiger partial charge in [-0.2, -0.15) is 18.2 Å². The number of rotatable bonds is 2. The summed E-state index contributed by atoms with van der Waals surface area (Å²) >= 11 is 0. The Balaban J connectivity index is 1.80. The molecule has 2 aromatic heterocycles. The maximum atomic E-state index is 13.1. The largest absolute Gasteiger partial charge is 0.444 e. The summed E-state index contributed by atoms with van der Waals surface area (Å²) in [7, 11) is 0. The second kappa shape index (κ2) is 7.28. The molecule has 0 unspecified atom stereocenters. The smallest absolute Gasteiger partial charge is 0.417 e. The molecule has 152 valence electrons. The van der Waals surface area contributed by atoms with Crippen LogP contribution in [0.1, 0.15) is 26.3 Å². The molecular formula is C17H20F3N5O3. The normalized spacial score (nSPS) is 15.6. The minimum atomic E-state index is -4.54. The molecule has 0 aromatic carbocycles. The number of ether oxygens (including phenoxy) is 1. The molecule has 2 aromatic rings. The number of hydrogen-bond donors (Lipinski definition) is 0. The van der Waals surface area contributed by atoms with E-state index in [0.717, 1.165) is 18.7 Å². The van der Waals surface area contributed by atoms with Gasteiger partial charge in [0, 0.05) is 32.4 Å². The molecule has 0 bridgehead atoms. The third-order valence-electron chi connectivity index (χ3n) is 4.03. The number of carbonyl (C=O) groups excluding carboxylic acids is 1. The first kappa shape index (κ1) is 19.9. The molecule has 1 saturated heterocycles. The monoisotopic (exact) mass is 399 g/mol. The van der Waals surface area contributed by atoms with Crippen LogP contribution in [-0.2, 0) is 10.9 Å². The summed E-state index contributed by atoms with van der Waals surface area (Å²) in [6.07, 6.45) is -3.15. The number of piperazine rings is 1. The first-order chi connectivity index (χ1) is 13.0. The first-order valence-electron chi connectivity index (χ1n) is 8.61. The fourth-order valence-electron chi connectivity index (χ4n) is 2.75. The summed E-state index contributed by atoms with van der Waals surface area (Å²) in [5.74, 6) is 0.321. The van der Waals surface area contributed by atoms with Crippen molar-refractivity contribution in [3.63, 3.8) is 0 Å². The van der Waals surface area contributed by atoms with Crippen LogP contribution in [0, 0.1) is 0 Å². The number of aromatic nitrogens is 3. The lowest BCUT2D eigenvalue weighted by atomic mass is 10.1. The van der Waals surface area contributed by atoms with E-state index in [1.165, 1.54) is 0 Å². The molecule has 0 radical (unpaired) electrons. The second-order valence-electron chi connectivity index (χ2n) is 7.30. The lowest BCUT2D eigenvalue weighted by molar-refractivity contribution is -0.137. The maximum absolute atomic E-state index is 13.1. The first-order valence-corrected chi connectivity index (χ1v) is 8.61. The van der Waals surface area contributed by atoms with E-state index in [1.54, 1.807) is 30.6 Å². The van der Waals surface area contributed by atoms with Gasteiger partial charge in [-0.05, 0) is 26.8 Å². The molecule has 3 rings (SSSR count). The highest BCUT2D eigenvalue weighted by molar-refractivity contribution is 5.72. The number of amides is 1. The number of halogens is 3. The van der Waals surface area contributed by atoms with Gasteiger partial charge in [-0.1, -0.05) is 5.16 Å². The summed E-state index contributed by atoms with van der Waals surface area (Å²) < 4.78 is 49.3. The van der Waals surface area contributed by atoms with Gasteiger partial charge < -0.3 is 19.1 Å². The summed E-state index contributed by atoms with van der Waals surface area (Å²) in [5, 5.41) is 3.64. The average molecular weight is 399 g/mol. The molecule has 0 atom stereocenters. The van der Waals surface area contributed by atoms with Gasteiger partial charge in [0.1, 0.15) is 11.4 Å². The van der Waals surface area contributed by atoms with Crippen LogP contribution in [0.3, 0.4) is 0 Å². The predicted octanol–water partition coefficient (Wildman–Crippen LogP) is 3.21. The van der Waals surface area contributed by atoms with Crippen molar-refractivity contribution in [3.05, 3.63) is 24.2 Å². The summed E-state index contributed by atoms with van der Waals surface area (Å²) in [6.45, 7) is 6.80. The van der Waals surface area contributed by atoms with Crippen molar-refractivity contribution in [2.24, 2.45) is 0 Å². The van der Waals surface area contributed by atoms with Crippen molar-refractivity contribution < 1.29 is 27.2 Å². The molecule has 1 amide bonds. The highest BCUT2D eigenvalue weighted by atomic mass is 19.4. The number of alkyl halides is 3. The minimum Gasteiger partial charge on any atom is -0.444 e. The van der Waals surface area contributed by atoms with Crippen molar-refractivity contribution in [1.29, 1.82) is 0 Å². The Kier molecular flexibility index (Phi) is 5.18. The molecule has 1 aliphatic heterocycles. The number of hydrogen-bond acceptors (Lipinski definition) is 7. The van der Waals surface area contributed by atoms with Crippen LogP contribution < -0.4 is 4.90 Å². The quantitative estimate of drug-likeness (QED) is 0.767. The van der Waals surface area contributed by atoms with Gasteiger partial charge in [0.2, 0.25) is 12.2 Å². The zero-order valence-corrected chi connectivity index (χ0v) is 15.7. The van der Waals surface area contributed by atoms with Crippen molar-refractivity contribution in [2.75, 3.05) is 31.1 Å². The lowest BCUT2D eigenvalue weighted by Gasteiger charge is -2.36. The SMILES string of the molecule is CC(C)(C)OC(=O)N1CCN(c2ncc(C(F)(F)F)cc2-c2ncon2)CC1. The zero-order chi connectivity index (χ0) is 20.5. The van der Waals surface area contributed by atoms with Gasteiger partial charge in [-0.25, -0.2) is 9.78 Å². The van der Waals surface area contributed by atoms with Crippen LogP contribution >= 0.6 is 0 Å². The van der Waals surface area contributed by atoms with Crippen LogP contribution in [-0.4, -0.2) is 57.9 Å². The third kappa shape index (κ3) is 4.52. The van der Waals surface area contributed by atoms with E-state index in [0.29, 0.717) is 32.0 Å². The lowest BCUT2D eigenvalue weighted by Crippen LogP contribution is -2.50. The topological polar surface area (TPSA) is 84.6 Å². The van der Waals surface area contributed by atoms with Gasteiger partial charge in [-0.15, -0.1) is 0 Å². The van der Waals surface area contributed by atoms with Gasteiger partial charge in [0.05, 0.1) is 11.1 Å². The van der Waals surface area contributed by atoms with E-state index < -0.39 is 23.4 Å². The molecule has 3 heterocycles. The summed E-state index contributed by atoms with van der Waals surface area (Å²) in [5.41, 5.74) is -1.38. The second-order valence-corrected chi connectivity index (χ2v) is 7.30. The molecule has 11 heteroatoms. The van der Waals surface area contributed by atoms with Crippen molar-refractivity contribution in [1.82, 2.24) is 20.0 Å². The molecule has 28 heavy (non-hydrogen) atoms. The zero-order valence-electron chi connectivity index (χ0n) is 15.7. The van der Waals surface area contributed by atoms with E-state index in [9.17, 15) is 18.0 Å². The average Bonchev–Trinajstić information content (AvgIpc) is 3.13. The van der Waals surface area contributed by atoms with Crippen LogP contribution in [0.25, 0.3) is 11.4 Å². The van der Waals surface area contributed by atoms with Crippen LogP contribution in [0.2, 0.25) is 0 Å². The highest BCUT2D eigenvalue weighted by Gasteiger charge is 2.34. The molecule has 1 aliphatic rings. The molecule has 1 fully saturated rings. The third-order valence-corrected chi connectivity index (χ3v) is 4.03. The standard InChI is InChI=1S/C17H20F3N5O3/c1-16(2,3)28-15(26)25-6-4-24(5-7-25)14-12(13-22-10-27-23-13)8-11(9-21-14)17(18,19)20/h8-10H,4-7H2,1-3H3. The Labute approximate surface area is 159 Å². The highest BCUT2D eigenvalue weighted by Crippen LogP contribution is 2.35. The van der Waals surface area contributed by atoms with Crippen molar-refractivity contribution in [2.45, 2.75) is 32.5 Å². The number of carbonyl (C=O) groups is 1. The van der Waals surface area contributed by atoms with Crippen molar-refractivity contribution in [3.8, 4) is 11.4 Å². The molecule has 8 nitrogen and oxygen atoms in total. The number of anilines is 1. The van der Waals surface area contributed by atoms with Crippen LogP contribution in [0.4, 0.5) is 23.8 Å². The van der Waals surface area contributed by atoms with Crippen LogP contribution in [0.5, 0.6) is 0 Å². The van der Waals surface area contributed by atoms with Crippen molar-refractivity contribution >= 4 is 11.9 Å². The summed E-state index contributed by atoms with van der Waals surface area (Å²) in [4.78, 5) is 23.4. The number of pyridine rings is 1.